The fourth-order valence-corrected chi connectivity index (χ4v) is 8.50. The molecule has 0 heterocycles. The molecule has 0 radical (unpaired) electrons. The number of rotatable bonds is 41. The van der Waals surface area contributed by atoms with Crippen molar-refractivity contribution in [1.29, 1.82) is 0 Å². The Morgan fingerprint density at radius 1 is 0.312 bits per heavy atom. The van der Waals surface area contributed by atoms with Crippen molar-refractivity contribution in [3.05, 3.63) is 378 Å². The molecule has 19 heteroatoms. The summed E-state index contributed by atoms with van der Waals surface area (Å²) in [6, 6.07) is 75.9. The Kier molecular flexibility index (Phi) is 62.9. The quantitative estimate of drug-likeness (QED) is 0.0127. The van der Waals surface area contributed by atoms with E-state index in [4.69, 9.17) is 83.5 Å². The first-order chi connectivity index (χ1) is 54.4. The van der Waals surface area contributed by atoms with E-state index in [0.29, 0.717) is 52.0 Å². The van der Waals surface area contributed by atoms with Crippen molar-refractivity contribution >= 4 is 0 Å². The highest BCUT2D eigenvalue weighted by atomic mass is 16.5. The van der Waals surface area contributed by atoms with Crippen LogP contribution in [-0.4, -0.2) is 188 Å². The van der Waals surface area contributed by atoms with Crippen molar-refractivity contribution in [1.82, 2.24) is 0 Å². The van der Waals surface area contributed by atoms with E-state index in [-0.39, 0.29) is 64.1 Å². The van der Waals surface area contributed by atoms with E-state index >= 15 is 0 Å². The lowest BCUT2D eigenvalue weighted by molar-refractivity contribution is -0.0248. The minimum atomic E-state index is -0.798. The Morgan fingerprint density at radius 3 is 0.955 bits per heavy atom. The van der Waals surface area contributed by atoms with Gasteiger partial charge in [0.1, 0.15) is 53.5 Å². The Labute approximate surface area is 665 Å². The summed E-state index contributed by atoms with van der Waals surface area (Å²) in [5, 5.41) is 80.5. The summed E-state index contributed by atoms with van der Waals surface area (Å²) in [4.78, 5) is 0. The van der Waals surface area contributed by atoms with Gasteiger partial charge in [-0.15, -0.1) is 46.1 Å². The Hall–Kier alpha value is -9.98. The van der Waals surface area contributed by atoms with Gasteiger partial charge in [0, 0.05) is 20.3 Å². The molecule has 0 fully saturated rings. The SMILES string of the molecule is C=CC(CO)OCC.C=CC(CO)OCc1ccccc1.C=CC(CO)Oc1ccc(OC)cc1.C=CC(CO)Oc1ccccc1.C=CC(O)COC.C=CC(O)COC(c1ccccc1)(c1ccccc1)c1ccccc1.C=CC(O)COCC.C=CC(O)COCc1ccccc1.C=CC(O)COc1ccccc1. The Morgan fingerprint density at radius 2 is 0.625 bits per heavy atom. The van der Waals surface area contributed by atoms with Crippen LogP contribution in [0.3, 0.4) is 0 Å². The molecule has 0 amide bonds. The van der Waals surface area contributed by atoms with Gasteiger partial charge in [0.15, 0.2) is 0 Å². The molecule has 0 aliphatic heterocycles. The van der Waals surface area contributed by atoms with E-state index < -0.39 is 36.1 Å². The maximum atomic E-state index is 10.0. The number of benzene rings is 8. The lowest BCUT2D eigenvalue weighted by Gasteiger charge is -2.36. The lowest BCUT2D eigenvalue weighted by Crippen LogP contribution is -2.35. The third-order valence-corrected chi connectivity index (χ3v) is 14.6. The van der Waals surface area contributed by atoms with E-state index in [2.05, 4.69) is 100 Å². The van der Waals surface area contributed by atoms with Gasteiger partial charge in [0.2, 0.25) is 0 Å². The molecule has 0 bridgehead atoms. The zero-order valence-electron chi connectivity index (χ0n) is 65.6. The lowest BCUT2D eigenvalue weighted by atomic mass is 9.80. The smallest absolute Gasteiger partial charge is 0.143 e. The highest BCUT2D eigenvalue weighted by molar-refractivity contribution is 5.47. The number of aliphatic hydroxyl groups is 9. The molecule has 0 saturated heterocycles. The molecule has 9 N–H and O–H groups in total. The van der Waals surface area contributed by atoms with Crippen LogP contribution < -0.4 is 18.9 Å². The topological polar surface area (TPSA) is 274 Å². The highest BCUT2D eigenvalue weighted by Crippen LogP contribution is 2.40. The zero-order chi connectivity index (χ0) is 83.1. The van der Waals surface area contributed by atoms with Crippen molar-refractivity contribution in [2.75, 3.05) is 86.9 Å². The van der Waals surface area contributed by atoms with Crippen molar-refractivity contribution in [2.45, 2.75) is 87.6 Å². The van der Waals surface area contributed by atoms with Crippen LogP contribution >= 0.6 is 0 Å². The number of hydrogen-bond acceptors (Lipinski definition) is 19. The molecule has 0 spiro atoms. The molecular weight excluding hydrogens is 1420 g/mol. The molecule has 8 aromatic carbocycles. The molecule has 0 aromatic heterocycles. The van der Waals surface area contributed by atoms with Crippen LogP contribution in [-0.2, 0) is 47.2 Å². The fourth-order valence-electron chi connectivity index (χ4n) is 8.50. The van der Waals surface area contributed by atoms with Crippen LogP contribution in [0.15, 0.2) is 350 Å². The van der Waals surface area contributed by atoms with Gasteiger partial charge in [0.25, 0.3) is 0 Å². The number of para-hydroxylation sites is 2. The molecule has 8 aromatic rings. The fraction of sp³-hybridized carbons (Fsp3) is 0.290. The second-order valence-corrected chi connectivity index (χ2v) is 23.1. The molecule has 0 aliphatic carbocycles. The summed E-state index contributed by atoms with van der Waals surface area (Å²) in [6.45, 7) is 38.8. The third kappa shape index (κ3) is 48.6. The summed E-state index contributed by atoms with van der Waals surface area (Å²) < 4.78 is 52.4. The van der Waals surface area contributed by atoms with Gasteiger partial charge in [0.05, 0.1) is 110 Å². The molecule has 9 atom stereocenters. The van der Waals surface area contributed by atoms with Crippen molar-refractivity contribution in [3.8, 4) is 23.0 Å². The van der Waals surface area contributed by atoms with E-state index in [9.17, 15) is 5.11 Å². The summed E-state index contributed by atoms with van der Waals surface area (Å²) >= 11 is 0. The van der Waals surface area contributed by atoms with Gasteiger partial charge in [-0.25, -0.2) is 0 Å². The van der Waals surface area contributed by atoms with E-state index in [1.165, 1.54) is 37.5 Å². The summed E-state index contributed by atoms with van der Waals surface area (Å²) in [6.07, 6.45) is 9.60. The normalized spacial score (nSPS) is 12.5. The standard InChI is InChI=1S/C23H22O2.C11H14O3.2C11H14O2.2C10H12O2.2C6H12O2.C5H10O2/c1-2-22(24)18-25-23(19-12-6-3-7-13-19,20-14-8-4-9-15-20)21-16-10-5-11-17-21;1-3-9(8-12)14-11-6-4-10(13-2)5-7-11;1-2-11(8-12)13-9-10-6-4-3-5-7-10;1-2-11(12)9-13-8-10-6-4-3-5-7-10;1-2-9(11)8-12-10-6-4-3-5-7-10;1-2-9(8-11)12-10-6-4-3-5-7-10;1-3-6(7)5-8-4-2;1-3-6(5-7)8-4-2;1-3-5(6)4-7-2/h2-17,22,24H,1,18H2;3-7,9,12H,1,8H2,2H3;2*2-7,11-12H,1,8-9H2;2*2-7,9,11H,1,8H2;2*3,6-7H,1,4-5H2,2H3;3,5-6H,1,4H2,2H3. The van der Waals surface area contributed by atoms with Crippen molar-refractivity contribution in [3.63, 3.8) is 0 Å². The van der Waals surface area contributed by atoms with Crippen molar-refractivity contribution in [2.24, 2.45) is 0 Å². The van der Waals surface area contributed by atoms with Crippen LogP contribution in [0.4, 0.5) is 0 Å². The average molecular weight is 1540 g/mol. The molecule has 608 valence electrons. The van der Waals surface area contributed by atoms with Crippen molar-refractivity contribution < 1.29 is 93.3 Å². The number of hydrogen-bond donors (Lipinski definition) is 9. The van der Waals surface area contributed by atoms with Crippen LogP contribution in [0.1, 0.15) is 41.7 Å². The predicted octanol–water partition coefficient (Wildman–Crippen LogP) is 14.2. The van der Waals surface area contributed by atoms with E-state index in [1.54, 1.807) is 55.7 Å². The summed E-state index contributed by atoms with van der Waals surface area (Å²) in [7, 11) is 3.14. The van der Waals surface area contributed by atoms with Gasteiger partial charge in [-0.3, -0.25) is 0 Å². The second-order valence-electron chi connectivity index (χ2n) is 23.1. The van der Waals surface area contributed by atoms with Gasteiger partial charge in [-0.1, -0.05) is 244 Å². The molecule has 19 nitrogen and oxygen atoms in total. The number of aliphatic hydroxyl groups excluding tert-OH is 9. The number of ether oxygens (including phenoxy) is 10. The largest absolute Gasteiger partial charge is 0.497 e. The average Bonchev–Trinajstić information content (AvgIpc) is 0.758. The maximum Gasteiger partial charge on any atom is 0.143 e. The molecule has 0 aliphatic rings. The minimum Gasteiger partial charge on any atom is -0.497 e. The minimum absolute atomic E-state index is 0.0175. The second kappa shape index (κ2) is 69.0. The third-order valence-electron chi connectivity index (χ3n) is 14.6. The van der Waals surface area contributed by atoms with Crippen LogP contribution in [0.5, 0.6) is 23.0 Å². The van der Waals surface area contributed by atoms with E-state index in [0.717, 1.165) is 45.1 Å². The van der Waals surface area contributed by atoms with Gasteiger partial charge < -0.3 is 93.3 Å². The molecule has 9 unspecified atom stereocenters. The number of methoxy groups -OCH3 is 2. The molecule has 112 heavy (non-hydrogen) atoms. The monoisotopic (exact) mass is 1540 g/mol. The van der Waals surface area contributed by atoms with Gasteiger partial charge in [-0.2, -0.15) is 0 Å². The summed E-state index contributed by atoms with van der Waals surface area (Å²) in [5.74, 6) is 2.97. The first-order valence-electron chi connectivity index (χ1n) is 36.3. The molecule has 0 saturated carbocycles. The highest BCUT2D eigenvalue weighted by Gasteiger charge is 2.38. The summed E-state index contributed by atoms with van der Waals surface area (Å²) in [5.41, 5.74) is 4.46. The zero-order valence-corrected chi connectivity index (χ0v) is 65.6. The molecule has 8 rings (SSSR count). The van der Waals surface area contributed by atoms with E-state index in [1.807, 2.05) is 190 Å². The Bertz CT molecular complexity index is 3440. The molecular formula is C93H122O19. The van der Waals surface area contributed by atoms with Crippen LogP contribution in [0.25, 0.3) is 0 Å². The maximum absolute atomic E-state index is 10.0. The first-order valence-corrected chi connectivity index (χ1v) is 36.3. The van der Waals surface area contributed by atoms with Gasteiger partial charge in [-0.05, 0) is 102 Å². The predicted molar refractivity (Wildman–Crippen MR) is 450 cm³/mol. The van der Waals surface area contributed by atoms with Crippen LogP contribution in [0.2, 0.25) is 0 Å². The van der Waals surface area contributed by atoms with Crippen LogP contribution in [0, 0.1) is 0 Å². The van der Waals surface area contributed by atoms with Gasteiger partial charge >= 0.3 is 0 Å². The first kappa shape index (κ1) is 102. The Balaban J connectivity index is 0.00000127.